The molecule has 0 unspecified atom stereocenters. The maximum atomic E-state index is 8.83. The number of aliphatic hydroxyl groups is 1. The molecule has 12 heavy (non-hydrogen) atoms. The van der Waals surface area contributed by atoms with E-state index in [0.29, 0.717) is 5.69 Å². The first-order valence-corrected chi connectivity index (χ1v) is 4.61. The minimum atomic E-state index is -0.00173. The van der Waals surface area contributed by atoms with Crippen LogP contribution in [0.4, 0.5) is 0 Å². The van der Waals surface area contributed by atoms with Crippen LogP contribution in [-0.4, -0.2) is 14.5 Å². The molecule has 0 amide bonds. The SMILES string of the molecule is OCc1cn2cc(I)ccc2n1. The van der Waals surface area contributed by atoms with Gasteiger partial charge in [-0.3, -0.25) is 0 Å². The first-order valence-electron chi connectivity index (χ1n) is 3.53. The Morgan fingerprint density at radius 1 is 1.42 bits per heavy atom. The second-order valence-corrected chi connectivity index (χ2v) is 3.75. The summed E-state index contributed by atoms with van der Waals surface area (Å²) in [6, 6.07) is 3.92. The molecular weight excluding hydrogens is 267 g/mol. The average Bonchev–Trinajstić information content (AvgIpc) is 2.46. The molecule has 1 N–H and O–H groups in total. The molecule has 0 aliphatic carbocycles. The number of hydrogen-bond donors (Lipinski definition) is 1. The van der Waals surface area contributed by atoms with E-state index >= 15 is 0 Å². The monoisotopic (exact) mass is 274 g/mol. The van der Waals surface area contributed by atoms with Crippen LogP contribution >= 0.6 is 22.6 Å². The minimum Gasteiger partial charge on any atom is -0.390 e. The number of pyridine rings is 1. The van der Waals surface area contributed by atoms with Gasteiger partial charge in [-0.05, 0) is 34.7 Å². The van der Waals surface area contributed by atoms with Crippen molar-refractivity contribution in [3.63, 3.8) is 0 Å². The van der Waals surface area contributed by atoms with Crippen LogP contribution in [0.1, 0.15) is 5.69 Å². The lowest BCUT2D eigenvalue weighted by atomic mass is 10.5. The summed E-state index contributed by atoms with van der Waals surface area (Å²) in [6.07, 6.45) is 3.81. The summed E-state index contributed by atoms with van der Waals surface area (Å²) < 4.78 is 3.06. The van der Waals surface area contributed by atoms with Gasteiger partial charge < -0.3 is 9.51 Å². The minimum absolute atomic E-state index is 0.00173. The van der Waals surface area contributed by atoms with Crippen molar-refractivity contribution < 1.29 is 5.11 Å². The number of hydrogen-bond acceptors (Lipinski definition) is 2. The Morgan fingerprint density at radius 3 is 3.00 bits per heavy atom. The Morgan fingerprint density at radius 2 is 2.25 bits per heavy atom. The molecule has 3 nitrogen and oxygen atoms in total. The third-order valence-corrected chi connectivity index (χ3v) is 2.26. The normalized spacial score (nSPS) is 10.8. The summed E-state index contributed by atoms with van der Waals surface area (Å²) in [5, 5.41) is 8.83. The van der Waals surface area contributed by atoms with Crippen molar-refractivity contribution in [3.05, 3.63) is 33.8 Å². The fourth-order valence-corrected chi connectivity index (χ4v) is 1.57. The lowest BCUT2D eigenvalue weighted by molar-refractivity contribution is 0.277. The van der Waals surface area contributed by atoms with Crippen LogP contribution in [0.3, 0.4) is 0 Å². The van der Waals surface area contributed by atoms with E-state index in [2.05, 4.69) is 27.6 Å². The number of aromatic nitrogens is 2. The lowest BCUT2D eigenvalue weighted by Gasteiger charge is -1.91. The van der Waals surface area contributed by atoms with Crippen molar-refractivity contribution in [1.82, 2.24) is 9.38 Å². The van der Waals surface area contributed by atoms with Gasteiger partial charge in [0.25, 0.3) is 0 Å². The van der Waals surface area contributed by atoms with Gasteiger partial charge in [-0.15, -0.1) is 0 Å². The number of imidazole rings is 1. The summed E-state index contributed by atoms with van der Waals surface area (Å²) in [6.45, 7) is -0.00173. The van der Waals surface area contributed by atoms with Gasteiger partial charge in [0.05, 0.1) is 12.3 Å². The van der Waals surface area contributed by atoms with Gasteiger partial charge >= 0.3 is 0 Å². The molecule has 0 atom stereocenters. The summed E-state index contributed by atoms with van der Waals surface area (Å²) in [5.41, 5.74) is 1.58. The van der Waals surface area contributed by atoms with Crippen LogP contribution in [0.5, 0.6) is 0 Å². The number of halogens is 1. The third kappa shape index (κ3) is 1.32. The highest BCUT2D eigenvalue weighted by Crippen LogP contribution is 2.09. The zero-order valence-electron chi connectivity index (χ0n) is 6.24. The molecule has 0 radical (unpaired) electrons. The number of aliphatic hydroxyl groups excluding tert-OH is 1. The maximum absolute atomic E-state index is 8.83. The van der Waals surface area contributed by atoms with Crippen LogP contribution in [0, 0.1) is 3.57 Å². The first kappa shape index (κ1) is 8.00. The smallest absolute Gasteiger partial charge is 0.137 e. The zero-order valence-corrected chi connectivity index (χ0v) is 8.39. The van der Waals surface area contributed by atoms with Gasteiger partial charge in [-0.2, -0.15) is 0 Å². The molecule has 0 bridgehead atoms. The fraction of sp³-hybridized carbons (Fsp3) is 0.125. The molecule has 0 spiro atoms. The van der Waals surface area contributed by atoms with Crippen LogP contribution in [-0.2, 0) is 6.61 Å². The van der Waals surface area contributed by atoms with E-state index in [1.165, 1.54) is 0 Å². The Hall–Kier alpha value is -0.620. The second-order valence-electron chi connectivity index (χ2n) is 2.50. The third-order valence-electron chi connectivity index (χ3n) is 1.63. The molecule has 0 aromatic carbocycles. The first-order chi connectivity index (χ1) is 5.79. The van der Waals surface area contributed by atoms with Gasteiger partial charge in [-0.1, -0.05) is 0 Å². The second kappa shape index (κ2) is 3.02. The van der Waals surface area contributed by atoms with E-state index in [4.69, 9.17) is 5.11 Å². The van der Waals surface area contributed by atoms with Crippen LogP contribution in [0.25, 0.3) is 5.65 Å². The lowest BCUT2D eigenvalue weighted by Crippen LogP contribution is -1.82. The van der Waals surface area contributed by atoms with Crippen molar-refractivity contribution in [1.29, 1.82) is 0 Å². The predicted molar refractivity (Wildman–Crippen MR) is 53.8 cm³/mol. The highest BCUT2D eigenvalue weighted by atomic mass is 127. The highest BCUT2D eigenvalue weighted by Gasteiger charge is 1.99. The molecule has 0 fully saturated rings. The molecule has 62 valence electrons. The summed E-state index contributed by atoms with van der Waals surface area (Å²) in [4.78, 5) is 4.18. The summed E-state index contributed by atoms with van der Waals surface area (Å²) >= 11 is 2.24. The van der Waals surface area contributed by atoms with Gasteiger partial charge in [0, 0.05) is 16.0 Å². The van der Waals surface area contributed by atoms with E-state index in [0.717, 1.165) is 9.22 Å². The highest BCUT2D eigenvalue weighted by molar-refractivity contribution is 14.1. The Balaban J connectivity index is 2.67. The van der Waals surface area contributed by atoms with Crippen LogP contribution in [0.2, 0.25) is 0 Å². The molecule has 0 aliphatic rings. The van der Waals surface area contributed by atoms with E-state index in [1.54, 1.807) is 0 Å². The predicted octanol–water partition coefficient (Wildman–Crippen LogP) is 1.43. The van der Waals surface area contributed by atoms with Crippen LogP contribution in [0.15, 0.2) is 24.5 Å². The molecule has 2 aromatic heterocycles. The standard InChI is InChI=1S/C8H7IN2O/c9-6-1-2-8-10-7(5-12)4-11(8)3-6/h1-4,12H,5H2. The van der Waals surface area contributed by atoms with Crippen molar-refractivity contribution >= 4 is 28.2 Å². The number of fused-ring (bicyclic) bond motifs is 1. The van der Waals surface area contributed by atoms with Gasteiger partial charge in [0.1, 0.15) is 5.65 Å². The maximum Gasteiger partial charge on any atom is 0.137 e. The Kier molecular flexibility index (Phi) is 2.02. The molecule has 4 heteroatoms. The van der Waals surface area contributed by atoms with Crippen molar-refractivity contribution in [2.45, 2.75) is 6.61 Å². The van der Waals surface area contributed by atoms with Crippen molar-refractivity contribution in [3.8, 4) is 0 Å². The van der Waals surface area contributed by atoms with Crippen molar-refractivity contribution in [2.75, 3.05) is 0 Å². The molecular formula is C8H7IN2O. The molecule has 0 saturated carbocycles. The Bertz CT molecular complexity index is 410. The fourth-order valence-electron chi connectivity index (χ4n) is 1.09. The molecule has 0 saturated heterocycles. The largest absolute Gasteiger partial charge is 0.390 e. The van der Waals surface area contributed by atoms with Gasteiger partial charge in [0.15, 0.2) is 0 Å². The van der Waals surface area contributed by atoms with Gasteiger partial charge in [0.2, 0.25) is 0 Å². The summed E-state index contributed by atoms with van der Waals surface area (Å²) in [5.74, 6) is 0. The molecule has 2 aromatic rings. The summed E-state index contributed by atoms with van der Waals surface area (Å²) in [7, 11) is 0. The van der Waals surface area contributed by atoms with Crippen molar-refractivity contribution in [2.24, 2.45) is 0 Å². The quantitative estimate of drug-likeness (QED) is 0.799. The van der Waals surface area contributed by atoms with E-state index in [9.17, 15) is 0 Å². The van der Waals surface area contributed by atoms with Crippen LogP contribution < -0.4 is 0 Å². The van der Waals surface area contributed by atoms with Gasteiger partial charge in [-0.25, -0.2) is 4.98 Å². The molecule has 2 heterocycles. The average molecular weight is 274 g/mol. The topological polar surface area (TPSA) is 37.5 Å². The molecule has 2 rings (SSSR count). The van der Waals surface area contributed by atoms with E-state index in [-0.39, 0.29) is 6.61 Å². The number of nitrogens with zero attached hydrogens (tertiary/aromatic N) is 2. The zero-order chi connectivity index (χ0) is 8.55. The molecule has 0 aliphatic heterocycles. The Labute approximate surface area is 83.2 Å². The number of rotatable bonds is 1. The van der Waals surface area contributed by atoms with E-state index < -0.39 is 0 Å². The van der Waals surface area contributed by atoms with E-state index in [1.807, 2.05) is 28.9 Å².